The zero-order valence-electron chi connectivity index (χ0n) is 11.2. The summed E-state index contributed by atoms with van der Waals surface area (Å²) in [4.78, 5) is 15.9. The lowest BCUT2D eigenvalue weighted by Crippen LogP contribution is -2.17. The van der Waals surface area contributed by atoms with E-state index in [-0.39, 0.29) is 6.61 Å². The number of carbonyl (C=O) groups excluding carboxylic acids is 1. The molecule has 5 nitrogen and oxygen atoms in total. The molecule has 0 aliphatic rings. The third-order valence-electron chi connectivity index (χ3n) is 2.39. The number of aliphatic hydroxyl groups is 1. The maximum Gasteiger partial charge on any atom is 0.418 e. The fourth-order valence-electron chi connectivity index (χ4n) is 1.51. The van der Waals surface area contributed by atoms with Crippen LogP contribution in [0.2, 0.25) is 0 Å². The minimum Gasteiger partial charge on any atom is -0.410 e. The van der Waals surface area contributed by atoms with E-state index in [2.05, 4.69) is 22.1 Å². The van der Waals surface area contributed by atoms with Crippen LogP contribution in [0, 0.1) is 11.8 Å². The SMILES string of the molecule is O=C(Nc1cccc(C#CCCO)n1)Oc1ccccc1. The number of pyridine rings is 1. The van der Waals surface area contributed by atoms with Crippen molar-refractivity contribution in [3.63, 3.8) is 0 Å². The molecule has 0 bridgehead atoms. The number of hydrogen-bond donors (Lipinski definition) is 2. The first kappa shape index (κ1) is 14.6. The van der Waals surface area contributed by atoms with Gasteiger partial charge in [-0.2, -0.15) is 0 Å². The molecule has 0 fully saturated rings. The number of para-hydroxylation sites is 1. The van der Waals surface area contributed by atoms with Crippen LogP contribution >= 0.6 is 0 Å². The summed E-state index contributed by atoms with van der Waals surface area (Å²) >= 11 is 0. The number of nitrogens with zero attached hydrogens (tertiary/aromatic N) is 1. The Hall–Kier alpha value is -2.84. The van der Waals surface area contributed by atoms with Gasteiger partial charge in [0.05, 0.1) is 6.61 Å². The second-order valence-corrected chi connectivity index (χ2v) is 4.01. The molecule has 21 heavy (non-hydrogen) atoms. The van der Waals surface area contributed by atoms with Crippen molar-refractivity contribution in [2.24, 2.45) is 0 Å². The zero-order valence-corrected chi connectivity index (χ0v) is 11.2. The molecule has 106 valence electrons. The smallest absolute Gasteiger partial charge is 0.410 e. The van der Waals surface area contributed by atoms with Crippen LogP contribution in [0.3, 0.4) is 0 Å². The van der Waals surface area contributed by atoms with Crippen LogP contribution in [0.1, 0.15) is 12.1 Å². The van der Waals surface area contributed by atoms with Crippen molar-refractivity contribution < 1.29 is 14.6 Å². The molecule has 1 amide bonds. The molecule has 0 radical (unpaired) electrons. The molecule has 1 aromatic heterocycles. The standard InChI is InChI=1S/C16H14N2O3/c19-12-5-4-7-13-8-6-11-15(17-13)18-16(20)21-14-9-2-1-3-10-14/h1-3,6,8-11,19H,5,12H2,(H,17,18,20). The van der Waals surface area contributed by atoms with Gasteiger partial charge in [-0.25, -0.2) is 9.78 Å². The topological polar surface area (TPSA) is 71.5 Å². The Bertz CT molecular complexity index is 660. The summed E-state index contributed by atoms with van der Waals surface area (Å²) in [5.74, 6) is 6.37. The van der Waals surface area contributed by atoms with Crippen molar-refractivity contribution in [3.05, 3.63) is 54.2 Å². The largest absolute Gasteiger partial charge is 0.418 e. The maximum absolute atomic E-state index is 11.7. The normalized spacial score (nSPS) is 9.38. The average Bonchev–Trinajstić information content (AvgIpc) is 2.49. The van der Waals surface area contributed by atoms with Gasteiger partial charge in [-0.3, -0.25) is 5.32 Å². The lowest BCUT2D eigenvalue weighted by molar-refractivity contribution is 0.215. The number of rotatable bonds is 3. The van der Waals surface area contributed by atoms with Gasteiger partial charge in [-0.05, 0) is 30.2 Å². The molecule has 2 N–H and O–H groups in total. The first-order valence-corrected chi connectivity index (χ1v) is 6.38. The zero-order chi connectivity index (χ0) is 14.9. The molecule has 0 atom stereocenters. The van der Waals surface area contributed by atoms with Crippen LogP contribution < -0.4 is 10.1 Å². The molecule has 0 unspecified atom stereocenters. The average molecular weight is 282 g/mol. The number of amides is 1. The number of benzene rings is 1. The predicted molar refractivity (Wildman–Crippen MR) is 78.9 cm³/mol. The number of ether oxygens (including phenoxy) is 1. The van der Waals surface area contributed by atoms with E-state index in [0.29, 0.717) is 23.7 Å². The number of anilines is 1. The summed E-state index contributed by atoms with van der Waals surface area (Å²) in [6.07, 6.45) is -0.232. The highest BCUT2D eigenvalue weighted by molar-refractivity contribution is 5.85. The lowest BCUT2D eigenvalue weighted by Gasteiger charge is -2.05. The Morgan fingerprint density at radius 3 is 2.76 bits per heavy atom. The Morgan fingerprint density at radius 1 is 1.19 bits per heavy atom. The van der Waals surface area contributed by atoms with Gasteiger partial charge < -0.3 is 9.84 Å². The van der Waals surface area contributed by atoms with E-state index in [1.165, 1.54) is 0 Å². The number of hydrogen-bond acceptors (Lipinski definition) is 4. The number of nitrogens with one attached hydrogen (secondary N) is 1. The Morgan fingerprint density at radius 2 is 2.00 bits per heavy atom. The van der Waals surface area contributed by atoms with E-state index < -0.39 is 6.09 Å². The molecule has 0 saturated carbocycles. The predicted octanol–water partition coefficient (Wildman–Crippen LogP) is 2.43. The lowest BCUT2D eigenvalue weighted by atomic mass is 10.3. The minimum absolute atomic E-state index is 0.00828. The van der Waals surface area contributed by atoms with Gasteiger partial charge in [0.15, 0.2) is 0 Å². The summed E-state index contributed by atoms with van der Waals surface area (Å²) in [6, 6.07) is 13.8. The van der Waals surface area contributed by atoms with Gasteiger partial charge >= 0.3 is 6.09 Å². The molecule has 0 aliphatic carbocycles. The van der Waals surface area contributed by atoms with E-state index in [1.807, 2.05) is 6.07 Å². The van der Waals surface area contributed by atoms with Crippen molar-refractivity contribution in [3.8, 4) is 17.6 Å². The molecule has 2 aromatic rings. The van der Waals surface area contributed by atoms with Gasteiger partial charge in [-0.15, -0.1) is 0 Å². The Balaban J connectivity index is 1.98. The molecule has 1 aromatic carbocycles. The van der Waals surface area contributed by atoms with Crippen molar-refractivity contribution in [2.75, 3.05) is 11.9 Å². The number of aromatic nitrogens is 1. The van der Waals surface area contributed by atoms with E-state index >= 15 is 0 Å². The second-order valence-electron chi connectivity index (χ2n) is 4.01. The quantitative estimate of drug-likeness (QED) is 0.848. The third kappa shape index (κ3) is 4.97. The maximum atomic E-state index is 11.7. The molecule has 2 rings (SSSR count). The van der Waals surface area contributed by atoms with Gasteiger partial charge in [0, 0.05) is 6.42 Å². The highest BCUT2D eigenvalue weighted by Crippen LogP contribution is 2.10. The monoisotopic (exact) mass is 282 g/mol. The van der Waals surface area contributed by atoms with Crippen molar-refractivity contribution >= 4 is 11.9 Å². The number of aliphatic hydroxyl groups excluding tert-OH is 1. The summed E-state index contributed by atoms with van der Waals surface area (Å²) in [7, 11) is 0. The number of carbonyl (C=O) groups is 1. The van der Waals surface area contributed by atoms with Crippen molar-refractivity contribution in [1.29, 1.82) is 0 Å². The van der Waals surface area contributed by atoms with Crippen LogP contribution in [0.4, 0.5) is 10.6 Å². The van der Waals surface area contributed by atoms with Crippen molar-refractivity contribution in [1.82, 2.24) is 4.98 Å². The van der Waals surface area contributed by atoms with Crippen LogP contribution in [0.25, 0.3) is 0 Å². The molecular weight excluding hydrogens is 268 g/mol. The second kappa shape index (κ2) is 7.68. The molecule has 0 saturated heterocycles. The minimum atomic E-state index is -0.617. The first-order valence-electron chi connectivity index (χ1n) is 6.38. The summed E-state index contributed by atoms with van der Waals surface area (Å²) in [6.45, 7) is 0.00828. The summed E-state index contributed by atoms with van der Waals surface area (Å²) in [5.41, 5.74) is 0.515. The summed E-state index contributed by atoms with van der Waals surface area (Å²) in [5, 5.41) is 11.2. The van der Waals surface area contributed by atoms with E-state index in [1.54, 1.807) is 42.5 Å². The first-order chi connectivity index (χ1) is 10.3. The highest BCUT2D eigenvalue weighted by atomic mass is 16.6. The van der Waals surface area contributed by atoms with Crippen LogP contribution in [0.15, 0.2) is 48.5 Å². The molecule has 1 heterocycles. The van der Waals surface area contributed by atoms with E-state index in [4.69, 9.17) is 9.84 Å². The molecule has 0 spiro atoms. The molecule has 0 aliphatic heterocycles. The van der Waals surface area contributed by atoms with Gasteiger partial charge in [0.2, 0.25) is 0 Å². The third-order valence-corrected chi connectivity index (χ3v) is 2.39. The van der Waals surface area contributed by atoms with Gasteiger partial charge in [-0.1, -0.05) is 30.2 Å². The molecule has 5 heteroatoms. The highest BCUT2D eigenvalue weighted by Gasteiger charge is 2.05. The Kier molecular flexibility index (Phi) is 5.33. The van der Waals surface area contributed by atoms with Gasteiger partial charge in [0.1, 0.15) is 17.3 Å². The fraction of sp³-hybridized carbons (Fsp3) is 0.125. The van der Waals surface area contributed by atoms with Crippen molar-refractivity contribution in [2.45, 2.75) is 6.42 Å². The summed E-state index contributed by atoms with van der Waals surface area (Å²) < 4.78 is 5.10. The van der Waals surface area contributed by atoms with Crippen LogP contribution in [-0.2, 0) is 0 Å². The Labute approximate surface area is 122 Å². The van der Waals surface area contributed by atoms with Crippen LogP contribution in [0.5, 0.6) is 5.75 Å². The van der Waals surface area contributed by atoms with E-state index in [9.17, 15) is 4.79 Å². The van der Waals surface area contributed by atoms with E-state index in [0.717, 1.165) is 0 Å². The fourth-order valence-corrected chi connectivity index (χ4v) is 1.51. The van der Waals surface area contributed by atoms with Gasteiger partial charge in [0.25, 0.3) is 0 Å². The molecular formula is C16H14N2O3. The van der Waals surface area contributed by atoms with Crippen LogP contribution in [-0.4, -0.2) is 22.8 Å².